The molecule has 1 aliphatic heterocycles. The number of aliphatic hydroxyl groups excluding tert-OH is 2. The van der Waals surface area contributed by atoms with Crippen molar-refractivity contribution in [1.29, 1.82) is 0 Å². The molecule has 2 aromatic heterocycles. The molecular formula is C11H15N5O3. The first-order valence-corrected chi connectivity index (χ1v) is 6.01. The molecule has 0 aliphatic carbocycles. The van der Waals surface area contributed by atoms with E-state index >= 15 is 0 Å². The summed E-state index contributed by atoms with van der Waals surface area (Å²) in [4.78, 5) is 12.2. The minimum Gasteiger partial charge on any atom is -0.394 e. The van der Waals surface area contributed by atoms with Crippen molar-refractivity contribution in [2.24, 2.45) is 5.92 Å². The molecule has 0 saturated carbocycles. The molecule has 2 aromatic rings. The number of rotatable bonds is 2. The molecule has 3 rings (SSSR count). The van der Waals surface area contributed by atoms with Crippen LogP contribution in [-0.4, -0.2) is 48.5 Å². The Balaban J connectivity index is 2.04. The van der Waals surface area contributed by atoms with Gasteiger partial charge in [-0.25, -0.2) is 15.0 Å². The van der Waals surface area contributed by atoms with Gasteiger partial charge in [0, 0.05) is 5.92 Å². The van der Waals surface area contributed by atoms with Gasteiger partial charge in [0.25, 0.3) is 0 Å². The van der Waals surface area contributed by atoms with Crippen LogP contribution in [0, 0.1) is 5.92 Å². The number of nitrogen functional groups attached to an aromatic ring is 1. The maximum absolute atomic E-state index is 9.98. The first-order chi connectivity index (χ1) is 9.13. The Hall–Kier alpha value is -1.77. The average Bonchev–Trinajstić information content (AvgIpc) is 2.94. The largest absolute Gasteiger partial charge is 0.394 e. The van der Waals surface area contributed by atoms with Crippen LogP contribution in [0.2, 0.25) is 0 Å². The van der Waals surface area contributed by atoms with Gasteiger partial charge in [0.15, 0.2) is 11.5 Å². The van der Waals surface area contributed by atoms with Crippen molar-refractivity contribution < 1.29 is 14.9 Å². The fraction of sp³-hybridized carbons (Fsp3) is 0.545. The minimum atomic E-state index is -0.730. The number of anilines is 1. The molecule has 0 aromatic carbocycles. The molecule has 0 unspecified atom stereocenters. The van der Waals surface area contributed by atoms with Crippen LogP contribution in [0.25, 0.3) is 11.2 Å². The summed E-state index contributed by atoms with van der Waals surface area (Å²) in [6, 6.07) is 0. The lowest BCUT2D eigenvalue weighted by molar-refractivity contribution is -0.0447. The second-order valence-electron chi connectivity index (χ2n) is 4.68. The lowest BCUT2D eigenvalue weighted by atomic mass is 10.0. The Morgan fingerprint density at radius 3 is 2.89 bits per heavy atom. The predicted molar refractivity (Wildman–Crippen MR) is 65.9 cm³/mol. The maximum atomic E-state index is 9.98. The van der Waals surface area contributed by atoms with E-state index < -0.39 is 18.4 Å². The number of aromatic nitrogens is 4. The lowest BCUT2D eigenvalue weighted by Crippen LogP contribution is -2.28. The van der Waals surface area contributed by atoms with Crippen molar-refractivity contribution in [2.75, 3.05) is 12.3 Å². The molecule has 102 valence electrons. The summed E-state index contributed by atoms with van der Waals surface area (Å²) in [5.74, 6) is 0.111. The molecule has 8 nitrogen and oxygen atoms in total. The zero-order chi connectivity index (χ0) is 13.6. The summed E-state index contributed by atoms with van der Waals surface area (Å²) in [5.41, 5.74) is 6.78. The Labute approximate surface area is 108 Å². The van der Waals surface area contributed by atoms with E-state index in [1.54, 1.807) is 10.9 Å². The molecule has 1 fully saturated rings. The average molecular weight is 265 g/mol. The van der Waals surface area contributed by atoms with Gasteiger partial charge in [0.1, 0.15) is 24.2 Å². The highest BCUT2D eigenvalue weighted by Gasteiger charge is 2.42. The fourth-order valence-electron chi connectivity index (χ4n) is 2.42. The quantitative estimate of drug-likeness (QED) is 0.656. The van der Waals surface area contributed by atoms with Gasteiger partial charge in [0.05, 0.1) is 19.0 Å². The van der Waals surface area contributed by atoms with Crippen LogP contribution in [-0.2, 0) is 4.74 Å². The van der Waals surface area contributed by atoms with Crippen LogP contribution in [0.3, 0.4) is 0 Å². The van der Waals surface area contributed by atoms with E-state index in [9.17, 15) is 10.2 Å². The van der Waals surface area contributed by atoms with Crippen LogP contribution in [0.5, 0.6) is 0 Å². The third-order valence-electron chi connectivity index (χ3n) is 3.52. The highest BCUT2D eigenvalue weighted by Crippen LogP contribution is 2.35. The van der Waals surface area contributed by atoms with Crippen LogP contribution in [0.4, 0.5) is 5.82 Å². The van der Waals surface area contributed by atoms with Crippen molar-refractivity contribution >= 4 is 17.0 Å². The van der Waals surface area contributed by atoms with Crippen LogP contribution < -0.4 is 5.73 Å². The van der Waals surface area contributed by atoms with E-state index in [2.05, 4.69) is 15.0 Å². The molecule has 4 N–H and O–H groups in total. The summed E-state index contributed by atoms with van der Waals surface area (Å²) >= 11 is 0. The van der Waals surface area contributed by atoms with Crippen LogP contribution in [0.1, 0.15) is 13.2 Å². The number of hydrogen-bond acceptors (Lipinski definition) is 7. The molecule has 0 spiro atoms. The molecule has 19 heavy (non-hydrogen) atoms. The van der Waals surface area contributed by atoms with Gasteiger partial charge < -0.3 is 20.7 Å². The van der Waals surface area contributed by atoms with E-state index in [4.69, 9.17) is 10.5 Å². The summed E-state index contributed by atoms with van der Waals surface area (Å²) in [7, 11) is 0. The number of nitrogens with two attached hydrogens (primary N) is 1. The summed E-state index contributed by atoms with van der Waals surface area (Å²) in [5, 5.41) is 19.1. The number of hydrogen-bond donors (Lipinski definition) is 3. The summed E-state index contributed by atoms with van der Waals surface area (Å²) in [6.07, 6.45) is 1.15. The van der Waals surface area contributed by atoms with Gasteiger partial charge in [-0.2, -0.15) is 0 Å². The lowest BCUT2D eigenvalue weighted by Gasteiger charge is -2.17. The Morgan fingerprint density at radius 2 is 2.21 bits per heavy atom. The SMILES string of the molecule is C[C@@H]1[C@H](O)[C@@H](CO)O[C@H]1n1cnc2c(N)ncnc21. The molecule has 1 aliphatic rings. The van der Waals surface area contributed by atoms with Gasteiger partial charge in [-0.15, -0.1) is 0 Å². The van der Waals surface area contributed by atoms with Crippen molar-refractivity contribution in [3.63, 3.8) is 0 Å². The number of fused-ring (bicyclic) bond motifs is 1. The number of ether oxygens (including phenoxy) is 1. The molecular weight excluding hydrogens is 250 g/mol. The van der Waals surface area contributed by atoms with E-state index in [0.717, 1.165) is 0 Å². The smallest absolute Gasteiger partial charge is 0.167 e. The molecule has 1 saturated heterocycles. The highest BCUT2D eigenvalue weighted by molar-refractivity contribution is 5.81. The molecule has 4 atom stereocenters. The van der Waals surface area contributed by atoms with Gasteiger partial charge in [-0.1, -0.05) is 6.92 Å². The van der Waals surface area contributed by atoms with E-state index in [-0.39, 0.29) is 12.5 Å². The fourth-order valence-corrected chi connectivity index (χ4v) is 2.42. The summed E-state index contributed by atoms with van der Waals surface area (Å²) in [6.45, 7) is 1.62. The van der Waals surface area contributed by atoms with Gasteiger partial charge in [-0.3, -0.25) is 4.57 Å². The van der Waals surface area contributed by atoms with Crippen molar-refractivity contribution in [3.8, 4) is 0 Å². The molecule has 8 heteroatoms. The van der Waals surface area contributed by atoms with E-state index in [1.807, 2.05) is 6.92 Å². The topological polar surface area (TPSA) is 119 Å². The molecule has 0 radical (unpaired) electrons. The molecule has 0 bridgehead atoms. The first kappa shape index (κ1) is 12.3. The van der Waals surface area contributed by atoms with E-state index in [1.165, 1.54) is 6.33 Å². The normalized spacial score (nSPS) is 31.1. The van der Waals surface area contributed by atoms with Crippen molar-refractivity contribution in [3.05, 3.63) is 12.7 Å². The maximum Gasteiger partial charge on any atom is 0.167 e. The zero-order valence-corrected chi connectivity index (χ0v) is 10.3. The standard InChI is InChI=1S/C11H15N5O3/c1-5-8(18)6(2-17)19-11(5)16-4-15-7-9(12)13-3-14-10(7)16/h3-6,8,11,17-18H,2H2,1H3,(H2,12,13,14)/t5-,6-,8+,11-/m1/s1. The zero-order valence-electron chi connectivity index (χ0n) is 10.3. The Kier molecular flexibility index (Phi) is 2.85. The Morgan fingerprint density at radius 1 is 1.42 bits per heavy atom. The van der Waals surface area contributed by atoms with Gasteiger partial charge in [-0.05, 0) is 0 Å². The summed E-state index contributed by atoms with van der Waals surface area (Å²) < 4.78 is 7.35. The molecule has 3 heterocycles. The highest BCUT2D eigenvalue weighted by atomic mass is 16.5. The third kappa shape index (κ3) is 1.76. The van der Waals surface area contributed by atoms with Crippen molar-refractivity contribution in [1.82, 2.24) is 19.5 Å². The monoisotopic (exact) mass is 265 g/mol. The Bertz CT molecular complexity index is 601. The van der Waals surface area contributed by atoms with Crippen LogP contribution in [0.15, 0.2) is 12.7 Å². The predicted octanol–water partition coefficient (Wildman–Crippen LogP) is -0.705. The van der Waals surface area contributed by atoms with Crippen molar-refractivity contribution in [2.45, 2.75) is 25.4 Å². The minimum absolute atomic E-state index is 0.189. The van der Waals surface area contributed by atoms with Crippen LogP contribution >= 0.6 is 0 Å². The number of aliphatic hydroxyl groups is 2. The molecule has 0 amide bonds. The van der Waals surface area contributed by atoms with E-state index in [0.29, 0.717) is 17.0 Å². The van der Waals surface area contributed by atoms with Gasteiger partial charge in [0.2, 0.25) is 0 Å². The second-order valence-corrected chi connectivity index (χ2v) is 4.68. The number of nitrogens with zero attached hydrogens (tertiary/aromatic N) is 4. The van der Waals surface area contributed by atoms with Gasteiger partial charge >= 0.3 is 0 Å². The number of imidazole rings is 1. The second kappa shape index (κ2) is 4.41. The first-order valence-electron chi connectivity index (χ1n) is 6.01. The third-order valence-corrected chi connectivity index (χ3v) is 3.52.